The van der Waals surface area contributed by atoms with Crippen molar-refractivity contribution in [2.24, 2.45) is 0 Å². The lowest BCUT2D eigenvalue weighted by Gasteiger charge is -2.17. The molecule has 1 aromatic heterocycles. The molecule has 3 aromatic rings. The van der Waals surface area contributed by atoms with Gasteiger partial charge >= 0.3 is 0 Å². The van der Waals surface area contributed by atoms with Gasteiger partial charge in [0.1, 0.15) is 0 Å². The van der Waals surface area contributed by atoms with Crippen LogP contribution in [-0.2, 0) is 16.1 Å². The molecule has 1 amide bonds. The van der Waals surface area contributed by atoms with Crippen LogP contribution >= 0.6 is 23.4 Å². The fourth-order valence-electron chi connectivity index (χ4n) is 2.80. The number of methoxy groups -OCH3 is 1. The first kappa shape index (κ1) is 21.4. The third kappa shape index (κ3) is 5.59. The van der Waals surface area contributed by atoms with Crippen molar-refractivity contribution < 1.29 is 9.53 Å². The number of hydrogen-bond acceptors (Lipinski definition) is 5. The number of aromatic nitrogens is 3. The van der Waals surface area contributed by atoms with Gasteiger partial charge in [-0.1, -0.05) is 41.6 Å². The minimum absolute atomic E-state index is 0.000634. The van der Waals surface area contributed by atoms with E-state index in [1.165, 1.54) is 11.8 Å². The molecule has 0 unspecified atom stereocenters. The average Bonchev–Trinajstić information content (AvgIpc) is 3.15. The molecule has 0 spiro atoms. The second-order valence-corrected chi connectivity index (χ2v) is 7.77. The fourth-order valence-corrected chi connectivity index (χ4v) is 3.80. The zero-order valence-corrected chi connectivity index (χ0v) is 18.0. The minimum atomic E-state index is 0.000634. The van der Waals surface area contributed by atoms with Crippen molar-refractivity contribution in [1.82, 2.24) is 14.8 Å². The van der Waals surface area contributed by atoms with Crippen LogP contribution in [-0.4, -0.2) is 47.2 Å². The molecule has 0 bridgehead atoms. The van der Waals surface area contributed by atoms with Crippen LogP contribution in [0.25, 0.3) is 11.4 Å². The molecule has 0 aliphatic rings. The van der Waals surface area contributed by atoms with Crippen molar-refractivity contribution >= 4 is 35.0 Å². The molecule has 29 heavy (non-hydrogen) atoms. The highest BCUT2D eigenvalue weighted by atomic mass is 35.5. The summed E-state index contributed by atoms with van der Waals surface area (Å²) < 4.78 is 7.21. The molecule has 0 saturated carbocycles. The Balaban J connectivity index is 1.75. The number of amides is 1. The van der Waals surface area contributed by atoms with Gasteiger partial charge in [0.05, 0.1) is 5.75 Å². The summed E-state index contributed by atoms with van der Waals surface area (Å²) in [6.45, 7) is 1.34. The Morgan fingerprint density at radius 2 is 1.86 bits per heavy atom. The normalized spacial score (nSPS) is 10.9. The van der Waals surface area contributed by atoms with Crippen LogP contribution < -0.4 is 4.90 Å². The predicted octanol–water partition coefficient (Wildman–Crippen LogP) is 4.39. The van der Waals surface area contributed by atoms with Crippen LogP contribution in [0.4, 0.5) is 5.69 Å². The Labute approximate surface area is 179 Å². The van der Waals surface area contributed by atoms with Crippen LogP contribution in [0.5, 0.6) is 0 Å². The van der Waals surface area contributed by atoms with Gasteiger partial charge in [0.25, 0.3) is 0 Å². The molecule has 2 aromatic carbocycles. The van der Waals surface area contributed by atoms with Crippen molar-refractivity contribution in [3.05, 3.63) is 59.6 Å². The van der Waals surface area contributed by atoms with Gasteiger partial charge in [0.2, 0.25) is 5.91 Å². The fraction of sp³-hybridized carbons (Fsp3) is 0.286. The highest BCUT2D eigenvalue weighted by Gasteiger charge is 2.17. The van der Waals surface area contributed by atoms with E-state index in [0.717, 1.165) is 23.5 Å². The third-order valence-corrected chi connectivity index (χ3v) is 5.60. The van der Waals surface area contributed by atoms with E-state index in [0.29, 0.717) is 23.3 Å². The van der Waals surface area contributed by atoms with Crippen LogP contribution in [0.1, 0.15) is 6.42 Å². The first-order valence-corrected chi connectivity index (χ1v) is 10.6. The smallest absolute Gasteiger partial charge is 0.237 e. The number of nitrogens with zero attached hydrogens (tertiary/aromatic N) is 4. The Hall–Kier alpha value is -2.35. The maximum absolute atomic E-state index is 12.6. The zero-order valence-electron chi connectivity index (χ0n) is 16.4. The van der Waals surface area contributed by atoms with E-state index in [2.05, 4.69) is 10.2 Å². The molecule has 6 nitrogen and oxygen atoms in total. The number of thioether (sulfide) groups is 1. The lowest BCUT2D eigenvalue weighted by molar-refractivity contribution is -0.115. The standard InChI is InChI=1S/C21H23ClN4O2S/c1-25(18-7-4-3-5-8-18)19(27)15-29-21-24-23-20(26(21)13-6-14-28-2)16-9-11-17(22)12-10-16/h3-5,7-12H,6,13-15H2,1-2H3. The largest absolute Gasteiger partial charge is 0.385 e. The van der Waals surface area contributed by atoms with Gasteiger partial charge in [0, 0.05) is 43.6 Å². The van der Waals surface area contributed by atoms with E-state index < -0.39 is 0 Å². The Morgan fingerprint density at radius 3 is 2.55 bits per heavy atom. The van der Waals surface area contributed by atoms with E-state index >= 15 is 0 Å². The van der Waals surface area contributed by atoms with Crippen molar-refractivity contribution in [2.75, 3.05) is 31.4 Å². The number of para-hydroxylation sites is 1. The zero-order chi connectivity index (χ0) is 20.6. The van der Waals surface area contributed by atoms with Crippen molar-refractivity contribution in [3.63, 3.8) is 0 Å². The Bertz CT molecular complexity index is 932. The van der Waals surface area contributed by atoms with Gasteiger partial charge in [-0.2, -0.15) is 0 Å². The lowest BCUT2D eigenvalue weighted by atomic mass is 10.2. The summed E-state index contributed by atoms with van der Waals surface area (Å²) in [5.41, 5.74) is 1.79. The summed E-state index contributed by atoms with van der Waals surface area (Å²) in [4.78, 5) is 14.3. The second kappa shape index (κ2) is 10.4. The number of carbonyl (C=O) groups excluding carboxylic acids is 1. The topological polar surface area (TPSA) is 60.2 Å². The number of ether oxygens (including phenoxy) is 1. The van der Waals surface area contributed by atoms with Crippen LogP contribution in [0.15, 0.2) is 59.8 Å². The van der Waals surface area contributed by atoms with E-state index in [1.54, 1.807) is 19.1 Å². The quantitative estimate of drug-likeness (QED) is 0.372. The maximum atomic E-state index is 12.6. The molecule has 0 atom stereocenters. The summed E-state index contributed by atoms with van der Waals surface area (Å²) in [6, 6.07) is 17.1. The predicted molar refractivity (Wildman–Crippen MR) is 118 cm³/mol. The summed E-state index contributed by atoms with van der Waals surface area (Å²) >= 11 is 7.39. The van der Waals surface area contributed by atoms with E-state index in [1.807, 2.05) is 59.2 Å². The number of benzene rings is 2. The molecular weight excluding hydrogens is 408 g/mol. The van der Waals surface area contributed by atoms with E-state index in [9.17, 15) is 4.79 Å². The van der Waals surface area contributed by atoms with Gasteiger partial charge in [-0.3, -0.25) is 4.79 Å². The number of carbonyl (C=O) groups is 1. The third-order valence-electron chi connectivity index (χ3n) is 4.39. The Kier molecular flexibility index (Phi) is 7.69. The summed E-state index contributed by atoms with van der Waals surface area (Å²) in [5.74, 6) is 1.03. The van der Waals surface area contributed by atoms with E-state index in [4.69, 9.17) is 16.3 Å². The monoisotopic (exact) mass is 430 g/mol. The van der Waals surface area contributed by atoms with Gasteiger partial charge < -0.3 is 14.2 Å². The van der Waals surface area contributed by atoms with Gasteiger partial charge in [-0.25, -0.2) is 0 Å². The number of anilines is 1. The molecule has 152 valence electrons. The molecule has 8 heteroatoms. The second-order valence-electron chi connectivity index (χ2n) is 6.39. The van der Waals surface area contributed by atoms with Gasteiger partial charge in [-0.05, 0) is 42.8 Å². The van der Waals surface area contributed by atoms with E-state index in [-0.39, 0.29) is 11.7 Å². The SMILES string of the molecule is COCCCn1c(SCC(=O)N(C)c2ccccc2)nnc1-c1ccc(Cl)cc1. The molecular formula is C21H23ClN4O2S. The van der Waals surface area contributed by atoms with Gasteiger partial charge in [-0.15, -0.1) is 10.2 Å². The van der Waals surface area contributed by atoms with Crippen LogP contribution in [0.2, 0.25) is 5.02 Å². The Morgan fingerprint density at radius 1 is 1.14 bits per heavy atom. The minimum Gasteiger partial charge on any atom is -0.385 e. The van der Waals surface area contributed by atoms with Crippen molar-refractivity contribution in [2.45, 2.75) is 18.1 Å². The molecule has 0 aliphatic carbocycles. The molecule has 0 saturated heterocycles. The first-order chi connectivity index (χ1) is 14.1. The number of rotatable bonds is 9. The van der Waals surface area contributed by atoms with Crippen LogP contribution in [0, 0.1) is 0 Å². The highest BCUT2D eigenvalue weighted by molar-refractivity contribution is 7.99. The summed E-state index contributed by atoms with van der Waals surface area (Å²) in [6.07, 6.45) is 0.820. The molecule has 1 heterocycles. The highest BCUT2D eigenvalue weighted by Crippen LogP contribution is 2.26. The molecule has 3 rings (SSSR count). The van der Waals surface area contributed by atoms with Crippen molar-refractivity contribution in [3.8, 4) is 11.4 Å². The summed E-state index contributed by atoms with van der Waals surface area (Å²) in [5, 5.41) is 10.1. The number of hydrogen-bond donors (Lipinski definition) is 0. The van der Waals surface area contributed by atoms with Crippen LogP contribution in [0.3, 0.4) is 0 Å². The maximum Gasteiger partial charge on any atom is 0.237 e. The first-order valence-electron chi connectivity index (χ1n) is 9.22. The van der Waals surface area contributed by atoms with Gasteiger partial charge in [0.15, 0.2) is 11.0 Å². The average molecular weight is 431 g/mol. The van der Waals surface area contributed by atoms with Crippen molar-refractivity contribution in [1.29, 1.82) is 0 Å². The molecule has 0 fully saturated rings. The summed E-state index contributed by atoms with van der Waals surface area (Å²) in [7, 11) is 3.46. The number of halogens is 1. The molecule has 0 N–H and O–H groups in total. The lowest BCUT2D eigenvalue weighted by Crippen LogP contribution is -2.28. The molecule has 0 radical (unpaired) electrons. The molecule has 0 aliphatic heterocycles.